The molecule has 1 aliphatic carbocycles. The lowest BCUT2D eigenvalue weighted by Crippen LogP contribution is -2.44. The van der Waals surface area contributed by atoms with E-state index in [4.69, 9.17) is 0 Å². The van der Waals surface area contributed by atoms with Gasteiger partial charge in [-0.25, -0.2) is 0 Å². The SMILES string of the molecule is CCNC(C(CC)CC)C1CCC(C)C(C)C1. The summed E-state index contributed by atoms with van der Waals surface area (Å²) in [6, 6.07) is 0.768. The minimum absolute atomic E-state index is 0.768. The van der Waals surface area contributed by atoms with Crippen LogP contribution in [0.25, 0.3) is 0 Å². The minimum atomic E-state index is 0.768. The summed E-state index contributed by atoms with van der Waals surface area (Å²) in [4.78, 5) is 0. The maximum atomic E-state index is 3.79. The number of hydrogen-bond donors (Lipinski definition) is 1. The molecule has 17 heavy (non-hydrogen) atoms. The zero-order valence-electron chi connectivity index (χ0n) is 12.6. The van der Waals surface area contributed by atoms with Crippen molar-refractivity contribution < 1.29 is 0 Å². The van der Waals surface area contributed by atoms with Gasteiger partial charge in [-0.2, -0.15) is 0 Å². The summed E-state index contributed by atoms with van der Waals surface area (Å²) in [5, 5.41) is 3.79. The fraction of sp³-hybridized carbons (Fsp3) is 1.00. The van der Waals surface area contributed by atoms with Gasteiger partial charge in [-0.05, 0) is 43.1 Å². The van der Waals surface area contributed by atoms with Gasteiger partial charge in [-0.1, -0.05) is 53.9 Å². The highest BCUT2D eigenvalue weighted by atomic mass is 14.9. The van der Waals surface area contributed by atoms with Crippen molar-refractivity contribution in [3.8, 4) is 0 Å². The third-order valence-corrected chi connectivity index (χ3v) is 5.14. The molecule has 0 aromatic rings. The van der Waals surface area contributed by atoms with Gasteiger partial charge in [0.15, 0.2) is 0 Å². The van der Waals surface area contributed by atoms with Gasteiger partial charge in [-0.15, -0.1) is 0 Å². The molecule has 0 spiro atoms. The molecule has 1 rings (SSSR count). The molecule has 0 aromatic carbocycles. The molecular weight excluding hydrogens is 206 g/mol. The molecule has 0 amide bonds. The maximum Gasteiger partial charge on any atom is 0.0123 e. The van der Waals surface area contributed by atoms with Crippen LogP contribution in [-0.2, 0) is 0 Å². The maximum absolute atomic E-state index is 3.79. The highest BCUT2D eigenvalue weighted by Gasteiger charge is 2.32. The van der Waals surface area contributed by atoms with E-state index in [-0.39, 0.29) is 0 Å². The van der Waals surface area contributed by atoms with E-state index in [9.17, 15) is 0 Å². The summed E-state index contributed by atoms with van der Waals surface area (Å²) >= 11 is 0. The summed E-state index contributed by atoms with van der Waals surface area (Å²) in [6.45, 7) is 13.0. The van der Waals surface area contributed by atoms with Crippen LogP contribution in [0.15, 0.2) is 0 Å². The summed E-state index contributed by atoms with van der Waals surface area (Å²) in [5.74, 6) is 3.66. The minimum Gasteiger partial charge on any atom is -0.314 e. The molecule has 0 bridgehead atoms. The van der Waals surface area contributed by atoms with Crippen LogP contribution in [0, 0.1) is 23.7 Å². The molecule has 1 heteroatoms. The van der Waals surface area contributed by atoms with E-state index >= 15 is 0 Å². The quantitative estimate of drug-likeness (QED) is 0.721. The Balaban J connectivity index is 2.63. The lowest BCUT2D eigenvalue weighted by atomic mass is 9.70. The monoisotopic (exact) mass is 239 g/mol. The molecule has 4 unspecified atom stereocenters. The van der Waals surface area contributed by atoms with Crippen LogP contribution in [0.2, 0.25) is 0 Å². The molecule has 0 radical (unpaired) electrons. The summed E-state index contributed by atoms with van der Waals surface area (Å²) < 4.78 is 0. The van der Waals surface area contributed by atoms with E-state index in [1.165, 1.54) is 32.1 Å². The fourth-order valence-electron chi connectivity index (χ4n) is 3.67. The lowest BCUT2D eigenvalue weighted by molar-refractivity contribution is 0.138. The van der Waals surface area contributed by atoms with Crippen LogP contribution < -0.4 is 5.32 Å². The summed E-state index contributed by atoms with van der Waals surface area (Å²) in [7, 11) is 0. The van der Waals surface area contributed by atoms with Crippen LogP contribution in [0.1, 0.15) is 66.7 Å². The van der Waals surface area contributed by atoms with Gasteiger partial charge in [0.05, 0.1) is 0 Å². The van der Waals surface area contributed by atoms with Crippen LogP contribution in [0.4, 0.5) is 0 Å². The van der Waals surface area contributed by atoms with Crippen molar-refractivity contribution in [1.29, 1.82) is 0 Å². The zero-order chi connectivity index (χ0) is 12.8. The first-order valence-corrected chi connectivity index (χ1v) is 7.87. The smallest absolute Gasteiger partial charge is 0.0123 e. The average Bonchev–Trinajstić information content (AvgIpc) is 2.33. The first kappa shape index (κ1) is 15.0. The largest absolute Gasteiger partial charge is 0.314 e. The molecule has 4 atom stereocenters. The van der Waals surface area contributed by atoms with Crippen LogP contribution >= 0.6 is 0 Å². The molecule has 1 N–H and O–H groups in total. The van der Waals surface area contributed by atoms with E-state index in [0.29, 0.717) is 0 Å². The third-order valence-electron chi connectivity index (χ3n) is 5.14. The van der Waals surface area contributed by atoms with Gasteiger partial charge >= 0.3 is 0 Å². The Morgan fingerprint density at radius 3 is 2.12 bits per heavy atom. The topological polar surface area (TPSA) is 12.0 Å². The van der Waals surface area contributed by atoms with Crippen LogP contribution in [0.3, 0.4) is 0 Å². The first-order valence-electron chi connectivity index (χ1n) is 7.87. The lowest BCUT2D eigenvalue weighted by Gasteiger charge is -2.40. The predicted molar refractivity (Wildman–Crippen MR) is 77.2 cm³/mol. The van der Waals surface area contributed by atoms with Crippen molar-refractivity contribution in [3.05, 3.63) is 0 Å². The molecule has 1 aliphatic rings. The Morgan fingerprint density at radius 2 is 1.65 bits per heavy atom. The molecule has 0 heterocycles. The Labute approximate surface area is 109 Å². The predicted octanol–water partition coefficient (Wildman–Crippen LogP) is 4.47. The molecule has 1 nitrogen and oxygen atoms in total. The molecule has 0 aromatic heterocycles. The Hall–Kier alpha value is -0.0400. The van der Waals surface area contributed by atoms with Gasteiger partial charge < -0.3 is 5.32 Å². The molecule has 0 saturated heterocycles. The van der Waals surface area contributed by atoms with E-state index in [2.05, 4.69) is 39.9 Å². The van der Waals surface area contributed by atoms with Gasteiger partial charge in [0.1, 0.15) is 0 Å². The van der Waals surface area contributed by atoms with Crippen molar-refractivity contribution in [3.63, 3.8) is 0 Å². The van der Waals surface area contributed by atoms with Crippen molar-refractivity contribution in [2.24, 2.45) is 23.7 Å². The fourth-order valence-corrected chi connectivity index (χ4v) is 3.67. The number of nitrogens with one attached hydrogen (secondary N) is 1. The molecule has 0 aliphatic heterocycles. The number of hydrogen-bond acceptors (Lipinski definition) is 1. The Morgan fingerprint density at radius 1 is 1.00 bits per heavy atom. The zero-order valence-corrected chi connectivity index (χ0v) is 12.6. The van der Waals surface area contributed by atoms with Gasteiger partial charge in [0, 0.05) is 6.04 Å². The average molecular weight is 239 g/mol. The number of rotatable bonds is 6. The first-order chi connectivity index (χ1) is 8.13. The van der Waals surface area contributed by atoms with Crippen LogP contribution in [0.5, 0.6) is 0 Å². The second-order valence-electron chi connectivity index (χ2n) is 6.19. The van der Waals surface area contributed by atoms with Gasteiger partial charge in [-0.3, -0.25) is 0 Å². The molecule has 1 fully saturated rings. The normalized spacial score (nSPS) is 31.8. The van der Waals surface area contributed by atoms with E-state index in [1.54, 1.807) is 0 Å². The van der Waals surface area contributed by atoms with Crippen molar-refractivity contribution in [2.45, 2.75) is 72.8 Å². The van der Waals surface area contributed by atoms with Gasteiger partial charge in [0.2, 0.25) is 0 Å². The van der Waals surface area contributed by atoms with Crippen molar-refractivity contribution >= 4 is 0 Å². The highest BCUT2D eigenvalue weighted by molar-refractivity contribution is 4.87. The third kappa shape index (κ3) is 3.98. The van der Waals surface area contributed by atoms with Crippen molar-refractivity contribution in [2.75, 3.05) is 6.54 Å². The van der Waals surface area contributed by atoms with E-state index in [0.717, 1.165) is 36.3 Å². The Bertz CT molecular complexity index is 198. The molecule has 1 saturated carbocycles. The second kappa shape index (κ2) is 7.41. The van der Waals surface area contributed by atoms with E-state index < -0.39 is 0 Å². The second-order valence-corrected chi connectivity index (χ2v) is 6.19. The van der Waals surface area contributed by atoms with E-state index in [1.807, 2.05) is 0 Å². The standard InChI is InChI=1S/C16H33N/c1-6-14(7-2)16(17-8-3)15-10-9-12(4)13(5)11-15/h12-17H,6-11H2,1-5H3. The summed E-state index contributed by atoms with van der Waals surface area (Å²) in [6.07, 6.45) is 6.98. The van der Waals surface area contributed by atoms with Crippen molar-refractivity contribution in [1.82, 2.24) is 5.32 Å². The Kier molecular flexibility index (Phi) is 6.54. The van der Waals surface area contributed by atoms with Gasteiger partial charge in [0.25, 0.3) is 0 Å². The highest BCUT2D eigenvalue weighted by Crippen LogP contribution is 2.37. The summed E-state index contributed by atoms with van der Waals surface area (Å²) in [5.41, 5.74) is 0. The van der Waals surface area contributed by atoms with Crippen LogP contribution in [-0.4, -0.2) is 12.6 Å². The molecule has 102 valence electrons. The molecular formula is C16H33N.